The van der Waals surface area contributed by atoms with Crippen LogP contribution in [0, 0.1) is 5.82 Å². The topological polar surface area (TPSA) is 64.4 Å². The molecule has 1 fully saturated rings. The maximum absolute atomic E-state index is 13.7. The van der Waals surface area contributed by atoms with E-state index < -0.39 is 9.84 Å². The molecule has 1 aliphatic rings. The minimum atomic E-state index is -3.42. The Morgan fingerprint density at radius 1 is 1.32 bits per heavy atom. The molecule has 0 saturated carbocycles. The fraction of sp³-hybridized carbons (Fsp3) is 0.550. The predicted molar refractivity (Wildman–Crippen MR) is 105 cm³/mol. The van der Waals surface area contributed by atoms with Crippen LogP contribution in [0.15, 0.2) is 35.6 Å². The molecule has 0 radical (unpaired) electrons. The van der Waals surface area contributed by atoms with Crippen LogP contribution in [0.4, 0.5) is 4.39 Å². The Labute approximate surface area is 166 Å². The number of nitrogens with zero attached hydrogens (tertiary/aromatic N) is 3. The van der Waals surface area contributed by atoms with E-state index in [4.69, 9.17) is 4.74 Å². The number of methoxy groups -OCH3 is 1. The maximum atomic E-state index is 13.7. The first-order valence-corrected chi connectivity index (χ1v) is 11.4. The number of imidazole rings is 1. The van der Waals surface area contributed by atoms with Gasteiger partial charge in [0.15, 0.2) is 0 Å². The molecule has 0 spiro atoms. The van der Waals surface area contributed by atoms with Crippen LogP contribution in [0.1, 0.15) is 43.5 Å². The second-order valence-corrected chi connectivity index (χ2v) is 9.29. The molecular weight excluding hydrogens is 381 g/mol. The van der Waals surface area contributed by atoms with E-state index in [1.807, 2.05) is 6.07 Å². The molecule has 6 nitrogen and oxygen atoms in total. The quantitative estimate of drug-likeness (QED) is 0.670. The summed E-state index contributed by atoms with van der Waals surface area (Å²) in [5.41, 5.74) is 1.80. The summed E-state index contributed by atoms with van der Waals surface area (Å²) in [5.74, 6) is -0.226. The van der Waals surface area contributed by atoms with Gasteiger partial charge in [-0.3, -0.25) is 4.90 Å². The molecule has 8 heteroatoms. The third kappa shape index (κ3) is 4.61. The van der Waals surface area contributed by atoms with Crippen LogP contribution < -0.4 is 0 Å². The summed E-state index contributed by atoms with van der Waals surface area (Å²) in [7, 11) is -1.83. The van der Waals surface area contributed by atoms with Gasteiger partial charge in [-0.1, -0.05) is 25.5 Å². The van der Waals surface area contributed by atoms with Crippen LogP contribution in [0.5, 0.6) is 0 Å². The van der Waals surface area contributed by atoms with Crippen molar-refractivity contribution < 1.29 is 17.5 Å². The predicted octanol–water partition coefficient (Wildman–Crippen LogP) is 3.19. The van der Waals surface area contributed by atoms with Crippen LogP contribution in [0.25, 0.3) is 0 Å². The first-order chi connectivity index (χ1) is 13.5. The van der Waals surface area contributed by atoms with Crippen LogP contribution in [-0.2, 0) is 27.7 Å². The zero-order valence-corrected chi connectivity index (χ0v) is 17.3. The lowest BCUT2D eigenvalue weighted by Crippen LogP contribution is -2.34. The summed E-state index contributed by atoms with van der Waals surface area (Å²) in [5, 5.41) is 0.0985. The molecule has 1 aliphatic heterocycles. The Morgan fingerprint density at radius 2 is 2.14 bits per heavy atom. The number of halogens is 1. The van der Waals surface area contributed by atoms with E-state index in [0.29, 0.717) is 19.7 Å². The summed E-state index contributed by atoms with van der Waals surface area (Å²) in [4.78, 5) is 6.51. The van der Waals surface area contributed by atoms with Gasteiger partial charge in [0.25, 0.3) is 0 Å². The number of aromatic nitrogens is 2. The van der Waals surface area contributed by atoms with Crippen molar-refractivity contribution in [2.45, 2.75) is 50.5 Å². The van der Waals surface area contributed by atoms with Gasteiger partial charge in [0.2, 0.25) is 15.0 Å². The Bertz CT molecular complexity index is 898. The van der Waals surface area contributed by atoms with Gasteiger partial charge in [0.05, 0.1) is 24.3 Å². The standard InChI is InChI=1S/C20H28FN3O3S/c1-3-28(25,26)20-22-14-18(24(20)11-12-27-2)15-23-10-5-4-9-19(23)16-7-6-8-17(21)13-16/h6-8,13-14,19H,3-5,9-12,15H2,1-2H3/t19-/m1/s1. The average molecular weight is 410 g/mol. The second kappa shape index (κ2) is 9.15. The molecule has 2 aromatic rings. The summed E-state index contributed by atoms with van der Waals surface area (Å²) < 4.78 is 45.5. The molecule has 0 N–H and O–H groups in total. The fourth-order valence-electron chi connectivity index (χ4n) is 3.80. The number of piperidine rings is 1. The molecule has 154 valence electrons. The zero-order chi connectivity index (χ0) is 20.1. The average Bonchev–Trinajstić information content (AvgIpc) is 3.10. The van der Waals surface area contributed by atoms with Crippen LogP contribution in [0.3, 0.4) is 0 Å². The Kier molecular flexibility index (Phi) is 6.85. The molecule has 2 heterocycles. The Balaban J connectivity index is 1.90. The molecule has 0 amide bonds. The van der Waals surface area contributed by atoms with Gasteiger partial charge < -0.3 is 9.30 Å². The molecule has 0 unspecified atom stereocenters. The Morgan fingerprint density at radius 3 is 2.86 bits per heavy atom. The van der Waals surface area contributed by atoms with E-state index in [-0.39, 0.29) is 22.8 Å². The number of benzene rings is 1. The molecule has 1 aromatic heterocycles. The van der Waals surface area contributed by atoms with Gasteiger partial charge in [-0.2, -0.15) is 0 Å². The zero-order valence-electron chi connectivity index (χ0n) is 16.5. The number of hydrogen-bond donors (Lipinski definition) is 0. The van der Waals surface area contributed by atoms with E-state index in [2.05, 4.69) is 9.88 Å². The highest BCUT2D eigenvalue weighted by Crippen LogP contribution is 2.32. The normalized spacial score (nSPS) is 18.5. The van der Waals surface area contributed by atoms with Crippen LogP contribution >= 0.6 is 0 Å². The van der Waals surface area contributed by atoms with E-state index >= 15 is 0 Å². The van der Waals surface area contributed by atoms with Crippen molar-refractivity contribution >= 4 is 9.84 Å². The maximum Gasteiger partial charge on any atom is 0.227 e. The molecule has 1 atom stereocenters. The van der Waals surface area contributed by atoms with E-state index in [1.54, 1.807) is 36.9 Å². The van der Waals surface area contributed by atoms with E-state index in [0.717, 1.165) is 37.1 Å². The van der Waals surface area contributed by atoms with Crippen molar-refractivity contribution in [3.8, 4) is 0 Å². The molecule has 3 rings (SSSR count). The van der Waals surface area contributed by atoms with Gasteiger partial charge in [0, 0.05) is 26.2 Å². The molecule has 0 bridgehead atoms. The van der Waals surface area contributed by atoms with Gasteiger partial charge in [0.1, 0.15) is 5.82 Å². The lowest BCUT2D eigenvalue weighted by Gasteiger charge is -2.36. The van der Waals surface area contributed by atoms with Crippen LogP contribution in [0.2, 0.25) is 0 Å². The summed E-state index contributed by atoms with van der Waals surface area (Å²) in [6.45, 7) is 3.90. The SMILES string of the molecule is CCS(=O)(=O)c1ncc(CN2CCCC[C@@H]2c2cccc(F)c2)n1CCOC. The third-order valence-corrected chi connectivity index (χ3v) is 6.93. The minimum Gasteiger partial charge on any atom is -0.383 e. The fourth-order valence-corrected chi connectivity index (χ4v) is 4.81. The monoisotopic (exact) mass is 409 g/mol. The lowest BCUT2D eigenvalue weighted by atomic mass is 9.95. The highest BCUT2D eigenvalue weighted by Gasteiger charge is 2.27. The second-order valence-electron chi connectivity index (χ2n) is 7.12. The third-order valence-electron chi connectivity index (χ3n) is 5.29. The summed E-state index contributed by atoms with van der Waals surface area (Å²) in [6.07, 6.45) is 4.76. The molecule has 28 heavy (non-hydrogen) atoms. The molecule has 0 aliphatic carbocycles. The minimum absolute atomic E-state index is 0.00602. The molecule has 1 aromatic carbocycles. The number of rotatable bonds is 8. The van der Waals surface area contributed by atoms with Crippen molar-refractivity contribution in [3.63, 3.8) is 0 Å². The Hall–Kier alpha value is -1.77. The largest absolute Gasteiger partial charge is 0.383 e. The first kappa shape index (κ1) is 21.0. The van der Waals surface area contributed by atoms with Gasteiger partial charge in [-0.05, 0) is 37.1 Å². The van der Waals surface area contributed by atoms with Crippen LogP contribution in [-0.4, -0.2) is 48.9 Å². The van der Waals surface area contributed by atoms with Gasteiger partial charge in [-0.25, -0.2) is 17.8 Å². The molecule has 1 saturated heterocycles. The number of sulfone groups is 1. The van der Waals surface area contributed by atoms with Gasteiger partial charge >= 0.3 is 0 Å². The first-order valence-electron chi connectivity index (χ1n) is 9.72. The van der Waals surface area contributed by atoms with Crippen molar-refractivity contribution in [1.29, 1.82) is 0 Å². The highest BCUT2D eigenvalue weighted by molar-refractivity contribution is 7.91. The van der Waals surface area contributed by atoms with Crippen molar-refractivity contribution in [2.75, 3.05) is 26.0 Å². The van der Waals surface area contributed by atoms with E-state index in [9.17, 15) is 12.8 Å². The lowest BCUT2D eigenvalue weighted by molar-refractivity contribution is 0.134. The highest BCUT2D eigenvalue weighted by atomic mass is 32.2. The molecular formula is C20H28FN3O3S. The number of hydrogen-bond acceptors (Lipinski definition) is 5. The summed E-state index contributed by atoms with van der Waals surface area (Å²) >= 11 is 0. The number of likely N-dealkylation sites (tertiary alicyclic amines) is 1. The van der Waals surface area contributed by atoms with Crippen molar-refractivity contribution in [1.82, 2.24) is 14.5 Å². The summed E-state index contributed by atoms with van der Waals surface area (Å²) in [6, 6.07) is 6.87. The smallest absolute Gasteiger partial charge is 0.227 e. The number of ether oxygens (including phenoxy) is 1. The van der Waals surface area contributed by atoms with Gasteiger partial charge in [-0.15, -0.1) is 0 Å². The van der Waals surface area contributed by atoms with Crippen molar-refractivity contribution in [2.24, 2.45) is 0 Å². The van der Waals surface area contributed by atoms with Crippen molar-refractivity contribution in [3.05, 3.63) is 47.5 Å². The van der Waals surface area contributed by atoms with E-state index in [1.165, 1.54) is 6.07 Å².